The number of aliphatic carboxylic acids is 1. The molecule has 0 aliphatic rings. The van der Waals surface area contributed by atoms with Crippen LogP contribution in [0, 0.1) is 0 Å². The highest BCUT2D eigenvalue weighted by atomic mass is 19.1. The minimum Gasteiger partial charge on any atom is -0.494 e. The molecule has 0 saturated heterocycles. The second-order valence-electron chi connectivity index (χ2n) is 9.65. The van der Waals surface area contributed by atoms with Crippen molar-refractivity contribution in [3.8, 4) is 16.9 Å². The molecule has 3 nitrogen and oxygen atoms in total. The third kappa shape index (κ3) is 10.8. The van der Waals surface area contributed by atoms with Crippen LogP contribution in [0.25, 0.3) is 11.1 Å². The molecule has 2 aromatic carbocycles. The summed E-state index contributed by atoms with van der Waals surface area (Å²) in [6.07, 6.45) is 11.9. The third-order valence-corrected chi connectivity index (χ3v) is 6.72. The van der Waals surface area contributed by atoms with Gasteiger partial charge >= 0.3 is 5.97 Å². The minimum atomic E-state index is -1.40. The summed E-state index contributed by atoms with van der Waals surface area (Å²) in [6.45, 7) is 5.09. The van der Waals surface area contributed by atoms with Gasteiger partial charge in [-0.15, -0.1) is 0 Å². The fourth-order valence-corrected chi connectivity index (χ4v) is 4.69. The Morgan fingerprint density at radius 1 is 0.829 bits per heavy atom. The van der Waals surface area contributed by atoms with Crippen molar-refractivity contribution in [3.05, 3.63) is 54.1 Å². The number of alkyl halides is 1. The normalized spacial score (nSPS) is 12.9. The SMILES string of the molecule is CCCCCCCCCCOc1ccc(-c2ccccc2C(CCCCC)C(F)CC(=O)O)cc1. The summed E-state index contributed by atoms with van der Waals surface area (Å²) in [5.41, 5.74) is 2.87. The minimum absolute atomic E-state index is 0.424. The highest BCUT2D eigenvalue weighted by Crippen LogP contribution is 2.37. The molecule has 194 valence electrons. The maximum Gasteiger partial charge on any atom is 0.306 e. The van der Waals surface area contributed by atoms with Crippen LogP contribution in [0.5, 0.6) is 5.75 Å². The Bertz CT molecular complexity index is 833. The van der Waals surface area contributed by atoms with E-state index in [1.807, 2.05) is 48.5 Å². The van der Waals surface area contributed by atoms with Crippen LogP contribution in [0.4, 0.5) is 4.39 Å². The van der Waals surface area contributed by atoms with Gasteiger partial charge in [0.25, 0.3) is 0 Å². The highest BCUT2D eigenvalue weighted by Gasteiger charge is 2.27. The lowest BCUT2D eigenvalue weighted by Crippen LogP contribution is -2.19. The van der Waals surface area contributed by atoms with Gasteiger partial charge < -0.3 is 9.84 Å². The average Bonchev–Trinajstić information content (AvgIpc) is 2.86. The highest BCUT2D eigenvalue weighted by molar-refractivity contribution is 5.70. The predicted octanol–water partition coefficient (Wildman–Crippen LogP) is 9.35. The Morgan fingerprint density at radius 2 is 1.43 bits per heavy atom. The number of carboxylic acids is 1. The van der Waals surface area contributed by atoms with Crippen LogP contribution in [0.15, 0.2) is 48.5 Å². The van der Waals surface area contributed by atoms with Gasteiger partial charge in [0.1, 0.15) is 11.9 Å². The fourth-order valence-electron chi connectivity index (χ4n) is 4.69. The Morgan fingerprint density at radius 3 is 2.09 bits per heavy atom. The molecule has 0 aliphatic heterocycles. The first-order valence-corrected chi connectivity index (χ1v) is 13.7. The number of benzene rings is 2. The van der Waals surface area contributed by atoms with Crippen LogP contribution in [0.2, 0.25) is 0 Å². The van der Waals surface area contributed by atoms with Gasteiger partial charge in [-0.2, -0.15) is 0 Å². The summed E-state index contributed by atoms with van der Waals surface area (Å²) in [7, 11) is 0. The first-order valence-electron chi connectivity index (χ1n) is 13.7. The molecule has 2 unspecified atom stereocenters. The van der Waals surface area contributed by atoms with Gasteiger partial charge in [-0.05, 0) is 41.7 Å². The van der Waals surface area contributed by atoms with E-state index in [0.29, 0.717) is 6.42 Å². The van der Waals surface area contributed by atoms with Gasteiger partial charge in [-0.3, -0.25) is 4.79 Å². The molecule has 2 atom stereocenters. The zero-order valence-electron chi connectivity index (χ0n) is 21.8. The van der Waals surface area contributed by atoms with Crippen molar-refractivity contribution in [3.63, 3.8) is 0 Å². The molecule has 0 bridgehead atoms. The number of rotatable bonds is 19. The molecule has 0 saturated carbocycles. The number of ether oxygens (including phenoxy) is 1. The van der Waals surface area contributed by atoms with Gasteiger partial charge in [0.05, 0.1) is 13.0 Å². The van der Waals surface area contributed by atoms with E-state index >= 15 is 4.39 Å². The molecule has 0 radical (unpaired) electrons. The lowest BCUT2D eigenvalue weighted by Gasteiger charge is -2.23. The van der Waals surface area contributed by atoms with Crippen molar-refractivity contribution >= 4 is 5.97 Å². The van der Waals surface area contributed by atoms with E-state index in [4.69, 9.17) is 4.74 Å². The van der Waals surface area contributed by atoms with Crippen molar-refractivity contribution in [2.24, 2.45) is 0 Å². The summed E-state index contributed by atoms with van der Waals surface area (Å²) < 4.78 is 21.0. The standard InChI is InChI=1S/C31H45FO3/c1-3-5-7-8-9-10-11-15-23-35-26-21-19-25(20-22-26)27-16-13-14-17-28(27)29(18-12-6-4-2)30(32)24-31(33)34/h13-14,16-17,19-22,29-30H,3-12,15,18,23-24H2,1-2H3,(H,33,34). The van der Waals surface area contributed by atoms with Crippen molar-refractivity contribution in [1.29, 1.82) is 0 Å². The molecule has 4 heteroatoms. The van der Waals surface area contributed by atoms with Gasteiger partial charge in [0.15, 0.2) is 0 Å². The number of carboxylic acid groups (broad SMARTS) is 1. The van der Waals surface area contributed by atoms with Crippen LogP contribution in [-0.4, -0.2) is 23.9 Å². The lowest BCUT2D eigenvalue weighted by molar-refractivity contribution is -0.138. The topological polar surface area (TPSA) is 46.5 Å². The smallest absolute Gasteiger partial charge is 0.306 e. The van der Waals surface area contributed by atoms with Gasteiger partial charge in [-0.25, -0.2) is 4.39 Å². The largest absolute Gasteiger partial charge is 0.494 e. The van der Waals surface area contributed by atoms with E-state index in [1.165, 1.54) is 44.9 Å². The van der Waals surface area contributed by atoms with Gasteiger partial charge in [-0.1, -0.05) is 114 Å². The van der Waals surface area contributed by atoms with E-state index in [2.05, 4.69) is 13.8 Å². The molecule has 2 rings (SSSR count). The Kier molecular flexibility index (Phi) is 14.1. The first-order chi connectivity index (χ1) is 17.1. The molecule has 0 spiro atoms. The number of unbranched alkanes of at least 4 members (excludes halogenated alkanes) is 9. The van der Waals surface area contributed by atoms with E-state index in [-0.39, 0.29) is 0 Å². The second kappa shape index (κ2) is 17.1. The molecule has 0 fully saturated rings. The second-order valence-corrected chi connectivity index (χ2v) is 9.65. The molecule has 0 heterocycles. The zero-order valence-corrected chi connectivity index (χ0v) is 21.8. The molecular formula is C31H45FO3. The van der Waals surface area contributed by atoms with Crippen LogP contribution < -0.4 is 4.74 Å². The van der Waals surface area contributed by atoms with Crippen molar-refractivity contribution in [2.45, 2.75) is 109 Å². The van der Waals surface area contributed by atoms with Crippen molar-refractivity contribution in [1.82, 2.24) is 0 Å². The number of hydrogen-bond donors (Lipinski definition) is 1. The Hall–Kier alpha value is -2.36. The van der Waals surface area contributed by atoms with Crippen LogP contribution in [0.1, 0.15) is 109 Å². The third-order valence-electron chi connectivity index (χ3n) is 6.72. The van der Waals surface area contributed by atoms with E-state index in [1.54, 1.807) is 0 Å². The van der Waals surface area contributed by atoms with Crippen molar-refractivity contribution < 1.29 is 19.0 Å². The average molecular weight is 485 g/mol. The quantitative estimate of drug-likeness (QED) is 0.202. The summed E-state index contributed by atoms with van der Waals surface area (Å²) in [5, 5.41) is 9.18. The predicted molar refractivity (Wildman–Crippen MR) is 144 cm³/mol. The summed E-state index contributed by atoms with van der Waals surface area (Å²) >= 11 is 0. The van der Waals surface area contributed by atoms with Crippen molar-refractivity contribution in [2.75, 3.05) is 6.61 Å². The fraction of sp³-hybridized carbons (Fsp3) is 0.581. The van der Waals surface area contributed by atoms with E-state index in [0.717, 1.165) is 54.7 Å². The molecule has 2 aromatic rings. The molecule has 0 aromatic heterocycles. The molecule has 0 aliphatic carbocycles. The molecular weight excluding hydrogens is 439 g/mol. The first kappa shape index (κ1) is 28.9. The number of carbonyl (C=O) groups is 1. The number of halogens is 1. The summed E-state index contributed by atoms with van der Waals surface area (Å²) in [4.78, 5) is 11.2. The van der Waals surface area contributed by atoms with Crippen LogP contribution in [0.3, 0.4) is 0 Å². The molecule has 0 amide bonds. The van der Waals surface area contributed by atoms with Gasteiger partial charge in [0, 0.05) is 5.92 Å². The number of hydrogen-bond acceptors (Lipinski definition) is 2. The maximum atomic E-state index is 15.1. The van der Waals surface area contributed by atoms with E-state index < -0.39 is 24.5 Å². The summed E-state index contributed by atoms with van der Waals surface area (Å²) in [5.74, 6) is -0.664. The Labute approximate surface area is 212 Å². The summed E-state index contributed by atoms with van der Waals surface area (Å²) in [6, 6.07) is 15.8. The molecule has 1 N–H and O–H groups in total. The Balaban J connectivity index is 1.98. The van der Waals surface area contributed by atoms with Crippen LogP contribution in [-0.2, 0) is 4.79 Å². The lowest BCUT2D eigenvalue weighted by atomic mass is 9.83. The van der Waals surface area contributed by atoms with Crippen LogP contribution >= 0.6 is 0 Å². The van der Waals surface area contributed by atoms with Gasteiger partial charge in [0.2, 0.25) is 0 Å². The van der Waals surface area contributed by atoms with E-state index in [9.17, 15) is 9.90 Å². The maximum absolute atomic E-state index is 15.1. The molecule has 35 heavy (non-hydrogen) atoms. The zero-order chi connectivity index (χ0) is 25.3. The monoisotopic (exact) mass is 484 g/mol.